The number of nitrogens with zero attached hydrogens (tertiary/aromatic N) is 4. The van der Waals surface area contributed by atoms with E-state index in [0.29, 0.717) is 18.3 Å². The molecule has 0 unspecified atom stereocenters. The zero-order valence-corrected chi connectivity index (χ0v) is 19.0. The summed E-state index contributed by atoms with van der Waals surface area (Å²) in [6, 6.07) is 8.75. The van der Waals surface area contributed by atoms with Gasteiger partial charge in [-0.15, -0.1) is 16.8 Å². The van der Waals surface area contributed by atoms with Crippen LogP contribution in [0.25, 0.3) is 11.4 Å². The molecule has 0 spiro atoms. The molecule has 3 rings (SSSR count). The molecule has 30 heavy (non-hydrogen) atoms. The van der Waals surface area contributed by atoms with Crippen LogP contribution in [0.1, 0.15) is 46.0 Å². The summed E-state index contributed by atoms with van der Waals surface area (Å²) in [4.78, 5) is 14.7. The molecule has 0 atom stereocenters. The Morgan fingerprint density at radius 1 is 1.20 bits per heavy atom. The van der Waals surface area contributed by atoms with Gasteiger partial charge >= 0.3 is 0 Å². The highest BCUT2D eigenvalue weighted by Gasteiger charge is 2.18. The number of carbonyl (C=O) groups excluding carboxylic acids is 1. The van der Waals surface area contributed by atoms with Gasteiger partial charge in [-0.25, -0.2) is 0 Å². The van der Waals surface area contributed by atoms with E-state index >= 15 is 0 Å². The van der Waals surface area contributed by atoms with Crippen LogP contribution in [0.3, 0.4) is 0 Å². The Hall–Kier alpha value is -2.28. The lowest BCUT2D eigenvalue weighted by molar-refractivity contribution is -0.119. The Labute approximate surface area is 184 Å². The fourth-order valence-electron chi connectivity index (χ4n) is 3.96. The van der Waals surface area contributed by atoms with Gasteiger partial charge in [0.05, 0.1) is 5.75 Å². The standard InChI is InChI=1S/C23H33N5OS/c1-4-16-28-22(18-12-14-20(15-13-18)27(5-2)6-3)25-26-23(28)30-17-21(29)24-19-10-8-7-9-11-19/h4,12-15,19H,1,5-11,16-17H2,2-3H3,(H,24,29). The van der Waals surface area contributed by atoms with Gasteiger partial charge in [-0.2, -0.15) is 0 Å². The highest BCUT2D eigenvalue weighted by molar-refractivity contribution is 7.99. The minimum atomic E-state index is 0.0742. The lowest BCUT2D eigenvalue weighted by atomic mass is 9.95. The van der Waals surface area contributed by atoms with Crippen LogP contribution < -0.4 is 10.2 Å². The van der Waals surface area contributed by atoms with Crippen LogP contribution in [0, 0.1) is 0 Å². The first-order valence-corrected chi connectivity index (χ1v) is 12.0. The van der Waals surface area contributed by atoms with Gasteiger partial charge in [0.15, 0.2) is 11.0 Å². The first kappa shape index (κ1) is 22.4. The molecule has 0 aliphatic heterocycles. The monoisotopic (exact) mass is 427 g/mol. The maximum Gasteiger partial charge on any atom is 0.230 e. The van der Waals surface area contributed by atoms with E-state index in [2.05, 4.69) is 65.1 Å². The summed E-state index contributed by atoms with van der Waals surface area (Å²) in [6.07, 6.45) is 7.73. The Balaban J connectivity index is 1.68. The zero-order chi connectivity index (χ0) is 21.3. The normalized spacial score (nSPS) is 14.5. The molecule has 1 fully saturated rings. The number of benzene rings is 1. The van der Waals surface area contributed by atoms with E-state index in [0.717, 1.165) is 42.5 Å². The van der Waals surface area contributed by atoms with Crippen LogP contribution in [0.5, 0.6) is 0 Å². The number of anilines is 1. The smallest absolute Gasteiger partial charge is 0.230 e. The van der Waals surface area contributed by atoms with Crippen molar-refractivity contribution in [3.63, 3.8) is 0 Å². The Morgan fingerprint density at radius 3 is 2.53 bits per heavy atom. The predicted molar refractivity (Wildman–Crippen MR) is 125 cm³/mol. The third-order valence-electron chi connectivity index (χ3n) is 5.59. The summed E-state index contributed by atoms with van der Waals surface area (Å²) in [5, 5.41) is 12.7. The van der Waals surface area contributed by atoms with E-state index in [1.807, 2.05) is 10.6 Å². The van der Waals surface area contributed by atoms with Crippen LogP contribution in [0.2, 0.25) is 0 Å². The number of nitrogens with one attached hydrogen (secondary N) is 1. The van der Waals surface area contributed by atoms with E-state index in [4.69, 9.17) is 0 Å². The molecular formula is C23H33N5OS. The van der Waals surface area contributed by atoms with Gasteiger partial charge in [0.25, 0.3) is 0 Å². The molecule has 0 bridgehead atoms. The molecule has 6 nitrogen and oxygen atoms in total. The van der Waals surface area contributed by atoms with Gasteiger partial charge in [0.2, 0.25) is 5.91 Å². The predicted octanol–water partition coefficient (Wildman–Crippen LogP) is 4.52. The van der Waals surface area contributed by atoms with Crippen molar-refractivity contribution >= 4 is 23.4 Å². The molecule has 7 heteroatoms. The van der Waals surface area contributed by atoms with Gasteiger partial charge in [-0.1, -0.05) is 37.1 Å². The molecule has 1 heterocycles. The number of rotatable bonds is 10. The summed E-state index contributed by atoms with van der Waals surface area (Å²) in [6.45, 7) is 10.8. The van der Waals surface area contributed by atoms with Gasteiger partial charge in [0.1, 0.15) is 0 Å². The van der Waals surface area contributed by atoms with E-state index in [1.54, 1.807) is 0 Å². The van der Waals surface area contributed by atoms with E-state index < -0.39 is 0 Å². The first-order valence-electron chi connectivity index (χ1n) is 11.0. The number of carbonyl (C=O) groups is 1. The van der Waals surface area contributed by atoms with Crippen molar-refractivity contribution in [1.29, 1.82) is 0 Å². The summed E-state index contributed by atoms with van der Waals surface area (Å²) in [7, 11) is 0. The number of allylic oxidation sites excluding steroid dienone is 1. The van der Waals surface area contributed by atoms with Crippen LogP contribution >= 0.6 is 11.8 Å². The van der Waals surface area contributed by atoms with Crippen LogP contribution in [-0.4, -0.2) is 45.6 Å². The van der Waals surface area contributed by atoms with Crippen molar-refractivity contribution in [1.82, 2.24) is 20.1 Å². The van der Waals surface area contributed by atoms with Crippen LogP contribution in [0.15, 0.2) is 42.1 Å². The molecule has 1 saturated carbocycles. The molecule has 162 valence electrons. The van der Waals surface area contributed by atoms with Crippen LogP contribution in [0.4, 0.5) is 5.69 Å². The maximum absolute atomic E-state index is 12.4. The molecule has 1 aliphatic rings. The summed E-state index contributed by atoms with van der Waals surface area (Å²) >= 11 is 1.44. The van der Waals surface area contributed by atoms with Gasteiger partial charge in [-0.05, 0) is 51.0 Å². The number of aromatic nitrogens is 3. The minimum absolute atomic E-state index is 0.0742. The molecule has 1 aromatic heterocycles. The van der Waals surface area contributed by atoms with E-state index in [-0.39, 0.29) is 5.91 Å². The lowest BCUT2D eigenvalue weighted by Gasteiger charge is -2.22. The Kier molecular flexibility index (Phi) is 8.37. The second-order valence-corrected chi connectivity index (χ2v) is 8.56. The van der Waals surface area contributed by atoms with Gasteiger partial charge in [-0.3, -0.25) is 9.36 Å². The van der Waals surface area contributed by atoms with Crippen molar-refractivity contribution in [2.45, 2.75) is 63.7 Å². The number of hydrogen-bond donors (Lipinski definition) is 1. The number of amides is 1. The molecule has 1 aromatic carbocycles. The average Bonchev–Trinajstić information content (AvgIpc) is 3.17. The molecule has 1 amide bonds. The van der Waals surface area contributed by atoms with Crippen molar-refractivity contribution in [3.8, 4) is 11.4 Å². The quantitative estimate of drug-likeness (QED) is 0.446. The third-order valence-corrected chi connectivity index (χ3v) is 6.55. The minimum Gasteiger partial charge on any atom is -0.372 e. The fourth-order valence-corrected chi connectivity index (χ4v) is 4.72. The van der Waals surface area contributed by atoms with Crippen molar-refractivity contribution < 1.29 is 4.79 Å². The Bertz CT molecular complexity index is 823. The van der Waals surface area contributed by atoms with Crippen LogP contribution in [-0.2, 0) is 11.3 Å². The van der Waals surface area contributed by atoms with Gasteiger partial charge < -0.3 is 10.2 Å². The molecule has 0 saturated heterocycles. The van der Waals surface area contributed by atoms with Crippen molar-refractivity contribution in [3.05, 3.63) is 36.9 Å². The van der Waals surface area contributed by atoms with E-state index in [1.165, 1.54) is 36.7 Å². The Morgan fingerprint density at radius 2 is 1.90 bits per heavy atom. The second kappa shape index (κ2) is 11.2. The largest absolute Gasteiger partial charge is 0.372 e. The fraction of sp³-hybridized carbons (Fsp3) is 0.522. The maximum atomic E-state index is 12.4. The SMILES string of the molecule is C=CCn1c(SCC(=O)NC2CCCCC2)nnc1-c1ccc(N(CC)CC)cc1. The zero-order valence-electron chi connectivity index (χ0n) is 18.1. The molecule has 2 aromatic rings. The summed E-state index contributed by atoms with van der Waals surface area (Å²) < 4.78 is 2.03. The topological polar surface area (TPSA) is 63.1 Å². The van der Waals surface area contributed by atoms with E-state index in [9.17, 15) is 4.79 Å². The third kappa shape index (κ3) is 5.65. The first-order chi connectivity index (χ1) is 14.7. The molecular weight excluding hydrogens is 394 g/mol. The average molecular weight is 428 g/mol. The van der Waals surface area contributed by atoms with Gasteiger partial charge in [0, 0.05) is 36.9 Å². The highest BCUT2D eigenvalue weighted by atomic mass is 32.2. The highest BCUT2D eigenvalue weighted by Crippen LogP contribution is 2.26. The van der Waals surface area contributed by atoms with Crippen molar-refractivity contribution in [2.24, 2.45) is 0 Å². The molecule has 1 aliphatic carbocycles. The summed E-state index contributed by atoms with van der Waals surface area (Å²) in [5.41, 5.74) is 2.21. The second-order valence-electron chi connectivity index (χ2n) is 7.62. The number of hydrogen-bond acceptors (Lipinski definition) is 5. The number of thioether (sulfide) groups is 1. The molecule has 0 radical (unpaired) electrons. The van der Waals surface area contributed by atoms with Crippen molar-refractivity contribution in [2.75, 3.05) is 23.7 Å². The summed E-state index contributed by atoms with van der Waals surface area (Å²) in [5.74, 6) is 1.23. The lowest BCUT2D eigenvalue weighted by Crippen LogP contribution is -2.37. The molecule has 1 N–H and O–H groups in total.